The van der Waals surface area contributed by atoms with E-state index in [-0.39, 0.29) is 10.7 Å². The Morgan fingerprint density at radius 1 is 1.50 bits per heavy atom. The van der Waals surface area contributed by atoms with Gasteiger partial charge in [0.15, 0.2) is 0 Å². The molecule has 1 saturated heterocycles. The topological polar surface area (TPSA) is 38.1 Å². The summed E-state index contributed by atoms with van der Waals surface area (Å²) in [4.78, 5) is 18.4. The zero-order chi connectivity index (χ0) is 13.1. The van der Waals surface area contributed by atoms with Crippen LogP contribution < -0.4 is 5.56 Å². The van der Waals surface area contributed by atoms with Gasteiger partial charge in [-0.2, -0.15) is 0 Å². The van der Waals surface area contributed by atoms with Gasteiger partial charge in [0.05, 0.1) is 0 Å². The first-order valence-corrected chi connectivity index (χ1v) is 6.90. The number of halogens is 1. The van der Waals surface area contributed by atoms with Crippen LogP contribution in [-0.2, 0) is 6.54 Å². The molecule has 1 aromatic rings. The zero-order valence-corrected chi connectivity index (χ0v) is 11.8. The minimum atomic E-state index is -0.0500. The first kappa shape index (κ1) is 13.6. The zero-order valence-electron chi connectivity index (χ0n) is 11.0. The van der Waals surface area contributed by atoms with Gasteiger partial charge in [0, 0.05) is 18.7 Å². The Morgan fingerprint density at radius 2 is 2.28 bits per heavy atom. The number of piperidine rings is 1. The largest absolute Gasteiger partial charge is 0.303 e. The third-order valence-electron chi connectivity index (χ3n) is 3.78. The average molecular weight is 270 g/mol. The van der Waals surface area contributed by atoms with Gasteiger partial charge in [-0.1, -0.05) is 18.0 Å². The van der Waals surface area contributed by atoms with Crippen LogP contribution in [0.15, 0.2) is 10.9 Å². The van der Waals surface area contributed by atoms with Gasteiger partial charge in [-0.25, -0.2) is 4.98 Å². The second-order valence-corrected chi connectivity index (χ2v) is 5.42. The van der Waals surface area contributed by atoms with Gasteiger partial charge < -0.3 is 4.90 Å². The molecule has 0 radical (unpaired) electrons. The molecule has 1 aliphatic heterocycles. The molecule has 0 spiro atoms. The quantitative estimate of drug-likeness (QED) is 0.789. The van der Waals surface area contributed by atoms with Crippen LogP contribution in [0.4, 0.5) is 0 Å². The molecule has 0 amide bonds. The Labute approximate surface area is 113 Å². The van der Waals surface area contributed by atoms with E-state index in [0.717, 1.165) is 19.5 Å². The van der Waals surface area contributed by atoms with Crippen LogP contribution in [0.25, 0.3) is 0 Å². The van der Waals surface area contributed by atoms with Crippen molar-refractivity contribution in [3.63, 3.8) is 0 Å². The molecule has 100 valence electrons. The minimum absolute atomic E-state index is 0.0500. The lowest BCUT2D eigenvalue weighted by Gasteiger charge is -2.32. The van der Waals surface area contributed by atoms with Gasteiger partial charge in [-0.15, -0.1) is 0 Å². The van der Waals surface area contributed by atoms with Crippen molar-refractivity contribution in [2.75, 3.05) is 13.6 Å². The minimum Gasteiger partial charge on any atom is -0.303 e. The Balaban J connectivity index is 2.04. The third kappa shape index (κ3) is 3.12. The van der Waals surface area contributed by atoms with Crippen LogP contribution in [0.1, 0.15) is 31.5 Å². The Bertz CT molecular complexity index is 472. The number of hydrogen-bond donors (Lipinski definition) is 0. The highest BCUT2D eigenvalue weighted by atomic mass is 35.5. The van der Waals surface area contributed by atoms with Gasteiger partial charge in [-0.3, -0.25) is 9.36 Å². The first-order chi connectivity index (χ1) is 8.58. The second kappa shape index (κ2) is 5.85. The molecule has 0 N–H and O–H groups in total. The molecule has 5 heteroatoms. The Hall–Kier alpha value is -0.870. The van der Waals surface area contributed by atoms with Crippen LogP contribution in [0.2, 0.25) is 5.15 Å². The fraction of sp³-hybridized carbons (Fsp3) is 0.692. The number of rotatable bonds is 3. The fourth-order valence-electron chi connectivity index (χ4n) is 2.65. The van der Waals surface area contributed by atoms with Gasteiger partial charge in [0.25, 0.3) is 5.56 Å². The lowest BCUT2D eigenvalue weighted by atomic mass is 10.0. The molecular weight excluding hydrogens is 250 g/mol. The van der Waals surface area contributed by atoms with E-state index in [9.17, 15) is 4.79 Å². The highest BCUT2D eigenvalue weighted by molar-refractivity contribution is 6.29. The summed E-state index contributed by atoms with van der Waals surface area (Å²) in [5, 5.41) is 0.281. The van der Waals surface area contributed by atoms with Crippen molar-refractivity contribution in [2.24, 2.45) is 0 Å². The number of aryl methyl sites for hydroxylation is 1. The number of nitrogens with zero attached hydrogens (tertiary/aromatic N) is 3. The molecule has 2 heterocycles. The second-order valence-electron chi connectivity index (χ2n) is 5.03. The maximum absolute atomic E-state index is 11.8. The monoisotopic (exact) mass is 269 g/mol. The lowest BCUT2D eigenvalue weighted by molar-refractivity contribution is 0.170. The van der Waals surface area contributed by atoms with E-state index < -0.39 is 0 Å². The fourth-order valence-corrected chi connectivity index (χ4v) is 2.86. The molecule has 18 heavy (non-hydrogen) atoms. The molecule has 4 nitrogen and oxygen atoms in total. The number of aromatic nitrogens is 2. The highest BCUT2D eigenvalue weighted by Gasteiger charge is 2.18. The molecule has 1 unspecified atom stereocenters. The molecule has 1 fully saturated rings. The van der Waals surface area contributed by atoms with Crippen molar-refractivity contribution in [3.8, 4) is 0 Å². The van der Waals surface area contributed by atoms with E-state index in [1.807, 2.05) is 6.92 Å². The Morgan fingerprint density at radius 3 is 2.94 bits per heavy atom. The van der Waals surface area contributed by atoms with Gasteiger partial charge in [0.1, 0.15) is 11.0 Å². The molecule has 1 aromatic heterocycles. The third-order valence-corrected chi connectivity index (χ3v) is 3.97. The Kier molecular flexibility index (Phi) is 4.40. The van der Waals surface area contributed by atoms with Crippen LogP contribution in [0.3, 0.4) is 0 Å². The molecule has 0 aliphatic carbocycles. The number of hydrogen-bond acceptors (Lipinski definition) is 3. The summed E-state index contributed by atoms with van der Waals surface area (Å²) in [7, 11) is 2.17. The molecule has 0 aromatic carbocycles. The maximum Gasteiger partial charge on any atom is 0.254 e. The van der Waals surface area contributed by atoms with Crippen molar-refractivity contribution in [2.45, 2.75) is 45.2 Å². The van der Waals surface area contributed by atoms with Crippen molar-refractivity contribution in [1.82, 2.24) is 14.5 Å². The van der Waals surface area contributed by atoms with Crippen LogP contribution >= 0.6 is 11.6 Å². The van der Waals surface area contributed by atoms with Gasteiger partial charge in [0.2, 0.25) is 0 Å². The molecule has 0 bridgehead atoms. The van der Waals surface area contributed by atoms with E-state index in [2.05, 4.69) is 16.9 Å². The molecule has 2 rings (SSSR count). The first-order valence-electron chi connectivity index (χ1n) is 6.52. The van der Waals surface area contributed by atoms with E-state index >= 15 is 0 Å². The maximum atomic E-state index is 11.8. The van der Waals surface area contributed by atoms with Crippen LogP contribution in [0.5, 0.6) is 0 Å². The predicted molar refractivity (Wildman–Crippen MR) is 73.1 cm³/mol. The van der Waals surface area contributed by atoms with Crippen molar-refractivity contribution in [1.29, 1.82) is 0 Å². The highest BCUT2D eigenvalue weighted by Crippen LogP contribution is 2.18. The van der Waals surface area contributed by atoms with Crippen molar-refractivity contribution in [3.05, 3.63) is 27.4 Å². The van der Waals surface area contributed by atoms with E-state index in [1.54, 1.807) is 4.57 Å². The summed E-state index contributed by atoms with van der Waals surface area (Å²) < 4.78 is 1.72. The van der Waals surface area contributed by atoms with Gasteiger partial charge in [-0.05, 0) is 39.8 Å². The smallest absolute Gasteiger partial charge is 0.254 e. The summed E-state index contributed by atoms with van der Waals surface area (Å²) in [5.74, 6) is 0.700. The number of likely N-dealkylation sites (tertiary alicyclic amines) is 1. The van der Waals surface area contributed by atoms with Crippen molar-refractivity contribution < 1.29 is 0 Å². The van der Waals surface area contributed by atoms with E-state index in [0.29, 0.717) is 11.9 Å². The predicted octanol–water partition coefficient (Wildman–Crippen LogP) is 2.08. The summed E-state index contributed by atoms with van der Waals surface area (Å²) in [6, 6.07) is 1.97. The summed E-state index contributed by atoms with van der Waals surface area (Å²) in [6.45, 7) is 3.72. The standard InChI is InChI=1S/C13H20ClN3O/c1-10-15-12(14)9-13(18)17(10)8-6-11-5-3-4-7-16(11)2/h9,11H,3-8H2,1-2H3. The van der Waals surface area contributed by atoms with Crippen LogP contribution in [-0.4, -0.2) is 34.1 Å². The molecule has 0 saturated carbocycles. The van der Waals surface area contributed by atoms with Gasteiger partial charge >= 0.3 is 0 Å². The normalized spacial score (nSPS) is 21.2. The summed E-state index contributed by atoms with van der Waals surface area (Å²) in [5.41, 5.74) is -0.0500. The molecular formula is C13H20ClN3O. The average Bonchev–Trinajstić information content (AvgIpc) is 2.30. The van der Waals surface area contributed by atoms with Crippen molar-refractivity contribution >= 4 is 11.6 Å². The summed E-state index contributed by atoms with van der Waals surface area (Å²) >= 11 is 5.76. The summed E-state index contributed by atoms with van der Waals surface area (Å²) in [6.07, 6.45) is 4.81. The van der Waals surface area contributed by atoms with E-state index in [4.69, 9.17) is 11.6 Å². The SMILES string of the molecule is Cc1nc(Cl)cc(=O)n1CCC1CCCCN1C. The van der Waals surface area contributed by atoms with E-state index in [1.165, 1.54) is 25.3 Å². The molecule has 1 atom stereocenters. The van der Waals surface area contributed by atoms with Crippen LogP contribution in [0, 0.1) is 6.92 Å². The molecule has 1 aliphatic rings. The lowest BCUT2D eigenvalue weighted by Crippen LogP contribution is -2.37.